The van der Waals surface area contributed by atoms with Gasteiger partial charge in [-0.3, -0.25) is 0 Å². The molecule has 68 valence electrons. The molecule has 1 heterocycles. The highest BCUT2D eigenvalue weighted by molar-refractivity contribution is 5.53. The number of hydrogen-bond acceptors (Lipinski definition) is 1. The lowest BCUT2D eigenvalue weighted by atomic mass is 9.94. The summed E-state index contributed by atoms with van der Waals surface area (Å²) in [6.45, 7) is 6.11. The fraction of sp³-hybridized carbons (Fsp3) is 0.333. The van der Waals surface area contributed by atoms with Crippen LogP contribution in [0.15, 0.2) is 30.8 Å². The average Bonchev–Trinajstić information content (AvgIpc) is 2.70. The van der Waals surface area contributed by atoms with Gasteiger partial charge in [0.1, 0.15) is 0 Å². The fourth-order valence-corrected chi connectivity index (χ4v) is 1.99. The molecule has 0 aliphatic carbocycles. The van der Waals surface area contributed by atoms with E-state index in [-0.39, 0.29) is 0 Å². The third-order valence-corrected chi connectivity index (χ3v) is 2.72. The van der Waals surface area contributed by atoms with E-state index < -0.39 is 0 Å². The summed E-state index contributed by atoms with van der Waals surface area (Å²) in [4.78, 5) is 0. The van der Waals surface area contributed by atoms with Gasteiger partial charge >= 0.3 is 0 Å². The summed E-state index contributed by atoms with van der Waals surface area (Å²) in [6, 6.07) is 8.54. The molecule has 1 aromatic rings. The van der Waals surface area contributed by atoms with Crippen molar-refractivity contribution in [2.24, 2.45) is 0 Å². The van der Waals surface area contributed by atoms with Gasteiger partial charge in [0.25, 0.3) is 0 Å². The Morgan fingerprint density at radius 3 is 2.92 bits per heavy atom. The van der Waals surface area contributed by atoms with Crippen LogP contribution >= 0.6 is 0 Å². The topological polar surface area (TPSA) is 12.0 Å². The summed E-state index contributed by atoms with van der Waals surface area (Å²) in [6.07, 6.45) is 3.21. The van der Waals surface area contributed by atoms with E-state index in [4.69, 9.17) is 0 Å². The Hall–Kier alpha value is -1.08. The number of hydrogen-bond donors (Lipinski definition) is 1. The zero-order valence-corrected chi connectivity index (χ0v) is 7.79. The maximum Gasteiger partial charge on any atom is 0.00208 e. The van der Waals surface area contributed by atoms with Crippen LogP contribution in [0.1, 0.15) is 23.5 Å². The SMILES string of the molecule is C=Cc1ccccc1C1CCNC1. The summed E-state index contributed by atoms with van der Waals surface area (Å²) in [5, 5.41) is 3.39. The van der Waals surface area contributed by atoms with Gasteiger partial charge in [0.15, 0.2) is 0 Å². The van der Waals surface area contributed by atoms with Crippen molar-refractivity contribution in [3.05, 3.63) is 42.0 Å². The van der Waals surface area contributed by atoms with Crippen LogP contribution in [0.25, 0.3) is 6.08 Å². The Morgan fingerprint density at radius 2 is 2.23 bits per heavy atom. The second-order valence-electron chi connectivity index (χ2n) is 3.52. The van der Waals surface area contributed by atoms with Gasteiger partial charge in [0, 0.05) is 6.54 Å². The first-order valence-corrected chi connectivity index (χ1v) is 4.84. The largest absolute Gasteiger partial charge is 0.316 e. The molecule has 1 fully saturated rings. The first-order chi connectivity index (χ1) is 6.42. The molecule has 0 aromatic heterocycles. The maximum atomic E-state index is 3.84. The van der Waals surface area contributed by atoms with Crippen LogP contribution in [-0.2, 0) is 0 Å². The Bertz CT molecular complexity index is 298. The monoisotopic (exact) mass is 173 g/mol. The molecule has 1 aliphatic rings. The van der Waals surface area contributed by atoms with Crippen LogP contribution < -0.4 is 5.32 Å². The van der Waals surface area contributed by atoms with Crippen LogP contribution in [0.3, 0.4) is 0 Å². The molecule has 0 radical (unpaired) electrons. The third kappa shape index (κ3) is 1.65. The van der Waals surface area contributed by atoms with Gasteiger partial charge in [0.2, 0.25) is 0 Å². The van der Waals surface area contributed by atoms with E-state index in [2.05, 4.69) is 36.2 Å². The molecule has 13 heavy (non-hydrogen) atoms. The molecule has 1 aliphatic heterocycles. The minimum Gasteiger partial charge on any atom is -0.316 e. The molecule has 1 nitrogen and oxygen atoms in total. The van der Waals surface area contributed by atoms with E-state index >= 15 is 0 Å². The highest BCUT2D eigenvalue weighted by Gasteiger charge is 2.17. The normalized spacial score (nSPS) is 21.7. The van der Waals surface area contributed by atoms with Gasteiger partial charge in [-0.2, -0.15) is 0 Å². The molecule has 1 heteroatoms. The maximum absolute atomic E-state index is 3.84. The average molecular weight is 173 g/mol. The van der Waals surface area contributed by atoms with E-state index in [1.54, 1.807) is 0 Å². The molecular formula is C12H15N. The Kier molecular flexibility index (Phi) is 2.46. The zero-order valence-electron chi connectivity index (χ0n) is 7.79. The van der Waals surface area contributed by atoms with Crippen molar-refractivity contribution >= 4 is 6.08 Å². The summed E-state index contributed by atoms with van der Waals surface area (Å²) < 4.78 is 0. The third-order valence-electron chi connectivity index (χ3n) is 2.72. The molecule has 2 rings (SSSR count). The summed E-state index contributed by atoms with van der Waals surface area (Å²) in [5.41, 5.74) is 2.73. The molecule has 1 unspecified atom stereocenters. The Balaban J connectivity index is 2.31. The minimum absolute atomic E-state index is 0.689. The molecule has 0 bridgehead atoms. The molecule has 1 aromatic carbocycles. The highest BCUT2D eigenvalue weighted by atomic mass is 14.9. The number of benzene rings is 1. The molecule has 1 saturated heterocycles. The molecular weight excluding hydrogens is 158 g/mol. The first kappa shape index (κ1) is 8.52. The van der Waals surface area contributed by atoms with Crippen LogP contribution in [0.5, 0.6) is 0 Å². The van der Waals surface area contributed by atoms with Gasteiger partial charge in [-0.05, 0) is 30.0 Å². The zero-order chi connectivity index (χ0) is 9.10. The molecule has 1 N–H and O–H groups in total. The van der Waals surface area contributed by atoms with Crippen LogP contribution in [-0.4, -0.2) is 13.1 Å². The fourth-order valence-electron chi connectivity index (χ4n) is 1.99. The molecule has 1 atom stereocenters. The van der Waals surface area contributed by atoms with Crippen LogP contribution in [0, 0.1) is 0 Å². The summed E-state index contributed by atoms with van der Waals surface area (Å²) in [5.74, 6) is 0.689. The summed E-state index contributed by atoms with van der Waals surface area (Å²) in [7, 11) is 0. The lowest BCUT2D eigenvalue weighted by molar-refractivity contribution is 0.762. The predicted molar refractivity (Wildman–Crippen MR) is 56.8 cm³/mol. The van der Waals surface area contributed by atoms with Crippen LogP contribution in [0.4, 0.5) is 0 Å². The second-order valence-corrected chi connectivity index (χ2v) is 3.52. The van der Waals surface area contributed by atoms with Crippen molar-refractivity contribution in [1.29, 1.82) is 0 Å². The van der Waals surface area contributed by atoms with Gasteiger partial charge in [-0.25, -0.2) is 0 Å². The second kappa shape index (κ2) is 3.75. The minimum atomic E-state index is 0.689. The van der Waals surface area contributed by atoms with Crippen LogP contribution in [0.2, 0.25) is 0 Å². The lowest BCUT2D eigenvalue weighted by Crippen LogP contribution is -2.08. The van der Waals surface area contributed by atoms with E-state index in [9.17, 15) is 0 Å². The predicted octanol–water partition coefficient (Wildman–Crippen LogP) is 2.41. The smallest absolute Gasteiger partial charge is 0.00208 e. The van der Waals surface area contributed by atoms with Crippen molar-refractivity contribution in [1.82, 2.24) is 5.32 Å². The van der Waals surface area contributed by atoms with E-state index in [0.29, 0.717) is 5.92 Å². The van der Waals surface area contributed by atoms with Gasteiger partial charge in [0.05, 0.1) is 0 Å². The summed E-state index contributed by atoms with van der Waals surface area (Å²) >= 11 is 0. The van der Waals surface area contributed by atoms with E-state index in [1.165, 1.54) is 17.5 Å². The first-order valence-electron chi connectivity index (χ1n) is 4.84. The van der Waals surface area contributed by atoms with E-state index in [0.717, 1.165) is 13.1 Å². The van der Waals surface area contributed by atoms with Crippen molar-refractivity contribution < 1.29 is 0 Å². The van der Waals surface area contributed by atoms with Crippen molar-refractivity contribution in [2.45, 2.75) is 12.3 Å². The Labute approximate surface area is 79.5 Å². The molecule has 0 amide bonds. The van der Waals surface area contributed by atoms with Gasteiger partial charge in [-0.1, -0.05) is 36.9 Å². The van der Waals surface area contributed by atoms with Crippen molar-refractivity contribution in [3.63, 3.8) is 0 Å². The molecule has 0 saturated carbocycles. The lowest BCUT2D eigenvalue weighted by Gasteiger charge is -2.11. The Morgan fingerprint density at radius 1 is 1.38 bits per heavy atom. The number of nitrogens with one attached hydrogen (secondary N) is 1. The molecule has 0 spiro atoms. The standard InChI is InChI=1S/C12H15N/c1-2-10-5-3-4-6-12(10)11-7-8-13-9-11/h2-6,11,13H,1,7-9H2. The van der Waals surface area contributed by atoms with Crippen molar-refractivity contribution in [3.8, 4) is 0 Å². The van der Waals surface area contributed by atoms with Crippen molar-refractivity contribution in [2.75, 3.05) is 13.1 Å². The van der Waals surface area contributed by atoms with Gasteiger partial charge in [-0.15, -0.1) is 0 Å². The number of rotatable bonds is 2. The quantitative estimate of drug-likeness (QED) is 0.724. The van der Waals surface area contributed by atoms with Gasteiger partial charge < -0.3 is 5.32 Å². The highest BCUT2D eigenvalue weighted by Crippen LogP contribution is 2.25. The van der Waals surface area contributed by atoms with E-state index in [1.807, 2.05) is 6.08 Å².